The van der Waals surface area contributed by atoms with Crippen LogP contribution in [0.25, 0.3) is 0 Å². The number of carboxylic acid groups (broad SMARTS) is 1. The minimum atomic E-state index is -1.00. The fraction of sp³-hybridized carbons (Fsp3) is 0.263. The zero-order valence-corrected chi connectivity index (χ0v) is 13.5. The van der Waals surface area contributed by atoms with Gasteiger partial charge in [0.15, 0.2) is 5.75 Å². The number of anilines is 1. The summed E-state index contributed by atoms with van der Waals surface area (Å²) in [7, 11) is 0. The van der Waals surface area contributed by atoms with Crippen LogP contribution in [0.5, 0.6) is 11.5 Å². The number of carbonyl (C=O) groups is 2. The maximum Gasteiger partial charge on any atom is 0.310 e. The molecule has 1 saturated carbocycles. The number of hydrogen-bond acceptors (Lipinski definition) is 3. The summed E-state index contributed by atoms with van der Waals surface area (Å²) in [4.78, 5) is 23.7. The number of aliphatic carboxylic acids is 1. The lowest BCUT2D eigenvalue weighted by atomic mass is 9.66. The average molecular weight is 343 g/mol. The van der Waals surface area contributed by atoms with E-state index in [1.807, 2.05) is 6.07 Å². The first-order valence-electron chi connectivity index (χ1n) is 8.04. The van der Waals surface area contributed by atoms with Gasteiger partial charge in [0.2, 0.25) is 5.91 Å². The Hall–Kier alpha value is -2.89. The summed E-state index contributed by atoms with van der Waals surface area (Å²) in [5.74, 6) is -1.11. The maximum atomic E-state index is 13.6. The van der Waals surface area contributed by atoms with Crippen LogP contribution in [-0.4, -0.2) is 17.0 Å². The number of nitrogens with one attached hydrogen (secondary N) is 1. The Kier molecular flexibility index (Phi) is 4.70. The summed E-state index contributed by atoms with van der Waals surface area (Å²) in [5, 5.41) is 11.9. The molecule has 0 atom stereocenters. The molecule has 0 aromatic heterocycles. The number of carboxylic acids is 1. The van der Waals surface area contributed by atoms with Crippen molar-refractivity contribution in [2.24, 2.45) is 5.41 Å². The van der Waals surface area contributed by atoms with Crippen molar-refractivity contribution in [2.75, 3.05) is 5.32 Å². The SMILES string of the molecule is O=C(CC1(C(=O)O)CCC1)Nc1cc(F)ccc1Oc1ccccc1. The summed E-state index contributed by atoms with van der Waals surface area (Å²) >= 11 is 0. The minimum Gasteiger partial charge on any atom is -0.481 e. The highest BCUT2D eigenvalue weighted by Crippen LogP contribution is 2.44. The number of benzene rings is 2. The van der Waals surface area contributed by atoms with E-state index in [0.717, 1.165) is 12.5 Å². The van der Waals surface area contributed by atoms with Crippen LogP contribution in [0.2, 0.25) is 0 Å². The highest BCUT2D eigenvalue weighted by Gasteiger charge is 2.45. The number of rotatable bonds is 6. The normalized spacial score (nSPS) is 15.1. The number of hydrogen-bond donors (Lipinski definition) is 2. The van der Waals surface area contributed by atoms with Crippen molar-refractivity contribution in [1.82, 2.24) is 0 Å². The van der Waals surface area contributed by atoms with Gasteiger partial charge in [0.1, 0.15) is 11.6 Å². The molecule has 2 N–H and O–H groups in total. The highest BCUT2D eigenvalue weighted by molar-refractivity contribution is 5.95. The largest absolute Gasteiger partial charge is 0.481 e. The molecule has 2 aromatic carbocycles. The molecule has 1 amide bonds. The molecule has 0 unspecified atom stereocenters. The zero-order chi connectivity index (χ0) is 17.9. The Morgan fingerprint density at radius 2 is 1.88 bits per heavy atom. The fourth-order valence-electron chi connectivity index (χ4n) is 2.88. The average Bonchev–Trinajstić information content (AvgIpc) is 2.54. The van der Waals surface area contributed by atoms with Gasteiger partial charge >= 0.3 is 5.97 Å². The molecular formula is C19H18FNO4. The van der Waals surface area contributed by atoms with Crippen LogP contribution in [0.3, 0.4) is 0 Å². The molecule has 1 aliphatic rings. The molecule has 2 aromatic rings. The quantitative estimate of drug-likeness (QED) is 0.824. The highest BCUT2D eigenvalue weighted by atomic mass is 19.1. The number of amides is 1. The summed E-state index contributed by atoms with van der Waals surface area (Å²) in [6.07, 6.45) is 1.62. The van der Waals surface area contributed by atoms with Gasteiger partial charge in [-0.3, -0.25) is 9.59 Å². The van der Waals surface area contributed by atoms with Gasteiger partial charge in [0.25, 0.3) is 0 Å². The van der Waals surface area contributed by atoms with Crippen molar-refractivity contribution in [1.29, 1.82) is 0 Å². The summed E-state index contributed by atoms with van der Waals surface area (Å²) in [6.45, 7) is 0. The minimum absolute atomic E-state index is 0.135. The Balaban J connectivity index is 1.76. The second kappa shape index (κ2) is 6.93. The van der Waals surface area contributed by atoms with Crippen LogP contribution in [0.1, 0.15) is 25.7 Å². The molecular weight excluding hydrogens is 325 g/mol. The third-order valence-corrected chi connectivity index (χ3v) is 4.45. The molecule has 0 bridgehead atoms. The lowest BCUT2D eigenvalue weighted by Gasteiger charge is -2.36. The molecule has 1 aliphatic carbocycles. The van der Waals surface area contributed by atoms with E-state index >= 15 is 0 Å². The number of carbonyl (C=O) groups excluding carboxylic acids is 1. The van der Waals surface area contributed by atoms with Gasteiger partial charge in [0.05, 0.1) is 11.1 Å². The number of ether oxygens (including phenoxy) is 1. The van der Waals surface area contributed by atoms with Crippen molar-refractivity contribution in [3.63, 3.8) is 0 Å². The van der Waals surface area contributed by atoms with E-state index < -0.39 is 23.1 Å². The summed E-state index contributed by atoms with van der Waals surface area (Å²) in [5.41, 5.74) is -0.827. The van der Waals surface area contributed by atoms with Crippen molar-refractivity contribution in [2.45, 2.75) is 25.7 Å². The van der Waals surface area contributed by atoms with Gasteiger partial charge in [-0.1, -0.05) is 24.6 Å². The van der Waals surface area contributed by atoms with Gasteiger partial charge < -0.3 is 15.2 Å². The van der Waals surface area contributed by atoms with Crippen LogP contribution in [0, 0.1) is 11.2 Å². The monoisotopic (exact) mass is 343 g/mol. The Labute approximate surface area is 144 Å². The van der Waals surface area contributed by atoms with Crippen molar-refractivity contribution < 1.29 is 23.8 Å². The predicted molar refractivity (Wildman–Crippen MR) is 90.1 cm³/mol. The topological polar surface area (TPSA) is 75.6 Å². The van der Waals surface area contributed by atoms with Crippen LogP contribution in [0.4, 0.5) is 10.1 Å². The van der Waals surface area contributed by atoms with Gasteiger partial charge in [-0.2, -0.15) is 0 Å². The van der Waals surface area contributed by atoms with E-state index in [1.165, 1.54) is 12.1 Å². The van der Waals surface area contributed by atoms with Crippen LogP contribution >= 0.6 is 0 Å². The Morgan fingerprint density at radius 3 is 2.48 bits per heavy atom. The van der Waals surface area contributed by atoms with E-state index in [2.05, 4.69) is 5.32 Å². The third kappa shape index (κ3) is 3.79. The smallest absolute Gasteiger partial charge is 0.310 e. The van der Waals surface area contributed by atoms with E-state index in [9.17, 15) is 19.1 Å². The van der Waals surface area contributed by atoms with Crippen LogP contribution < -0.4 is 10.1 Å². The second-order valence-electron chi connectivity index (χ2n) is 6.22. The van der Waals surface area contributed by atoms with Crippen LogP contribution in [0.15, 0.2) is 48.5 Å². The van der Waals surface area contributed by atoms with Crippen molar-refractivity contribution >= 4 is 17.6 Å². The third-order valence-electron chi connectivity index (χ3n) is 4.45. The fourth-order valence-corrected chi connectivity index (χ4v) is 2.88. The second-order valence-corrected chi connectivity index (χ2v) is 6.22. The molecule has 25 heavy (non-hydrogen) atoms. The first kappa shape index (κ1) is 17.0. The van der Waals surface area contributed by atoms with Gasteiger partial charge in [-0.25, -0.2) is 4.39 Å². The maximum absolute atomic E-state index is 13.6. The summed E-state index contributed by atoms with van der Waals surface area (Å²) in [6, 6.07) is 12.7. The van der Waals surface area contributed by atoms with Crippen LogP contribution in [-0.2, 0) is 9.59 Å². The van der Waals surface area contributed by atoms with E-state index in [1.54, 1.807) is 24.3 Å². The molecule has 0 saturated heterocycles. The van der Waals surface area contributed by atoms with Gasteiger partial charge in [-0.05, 0) is 37.1 Å². The zero-order valence-electron chi connectivity index (χ0n) is 13.5. The molecule has 0 radical (unpaired) electrons. The lowest BCUT2D eigenvalue weighted by Crippen LogP contribution is -2.41. The van der Waals surface area contributed by atoms with Crippen molar-refractivity contribution in [3.8, 4) is 11.5 Å². The molecule has 0 spiro atoms. The number of halogens is 1. The molecule has 6 heteroatoms. The predicted octanol–water partition coefficient (Wildman–Crippen LogP) is 4.20. The van der Waals surface area contributed by atoms with E-state index in [-0.39, 0.29) is 12.1 Å². The molecule has 3 rings (SSSR count). The Morgan fingerprint density at radius 1 is 1.16 bits per heavy atom. The summed E-state index contributed by atoms with van der Waals surface area (Å²) < 4.78 is 19.3. The first-order valence-corrected chi connectivity index (χ1v) is 8.04. The first-order chi connectivity index (χ1) is 12.0. The van der Waals surface area contributed by atoms with Gasteiger partial charge in [-0.15, -0.1) is 0 Å². The molecule has 1 fully saturated rings. The molecule has 0 aliphatic heterocycles. The van der Waals surface area contributed by atoms with E-state index in [4.69, 9.17) is 4.74 Å². The van der Waals surface area contributed by atoms with E-state index in [0.29, 0.717) is 24.3 Å². The number of para-hydroxylation sites is 1. The molecule has 0 heterocycles. The molecule has 130 valence electrons. The van der Waals surface area contributed by atoms with Crippen molar-refractivity contribution in [3.05, 3.63) is 54.3 Å². The lowest BCUT2D eigenvalue weighted by molar-refractivity contribution is -0.157. The van der Waals surface area contributed by atoms with Gasteiger partial charge in [0, 0.05) is 12.5 Å². The molecule has 5 nitrogen and oxygen atoms in total. The standard InChI is InChI=1S/C19H18FNO4/c20-13-7-8-16(25-14-5-2-1-3-6-14)15(11-13)21-17(22)12-19(18(23)24)9-4-10-19/h1-3,5-8,11H,4,9-10,12H2,(H,21,22)(H,23,24). The Bertz CT molecular complexity index is 787.